The number of amides is 1. The second-order valence-corrected chi connectivity index (χ2v) is 4.54. The smallest absolute Gasteiger partial charge is 0.166 e. The molecule has 1 amide bonds. The van der Waals surface area contributed by atoms with Gasteiger partial charge in [0.2, 0.25) is 0 Å². The number of Topliss-reactive ketones (excluding diaryl/α,β-unsaturated/α-hetero) is 1. The number of β-lactam (4-membered cyclic amide) rings is 1. The predicted octanol–water partition coefficient (Wildman–Crippen LogP) is -0.399. The van der Waals surface area contributed by atoms with E-state index in [9.17, 15) is 19.8 Å². The molecule has 1 saturated heterocycles. The van der Waals surface area contributed by atoms with E-state index in [2.05, 4.69) is 5.32 Å². The maximum atomic E-state index is 11.5. The number of aliphatic hydroxyl groups is 2. The molecule has 0 aromatic rings. The van der Waals surface area contributed by atoms with Gasteiger partial charge in [-0.05, 0) is 12.3 Å². The molecule has 1 aliphatic heterocycles. The zero-order chi connectivity index (χ0) is 11.4. The molecule has 1 radical (unpaired) electrons. The number of rotatable bonds is 0. The van der Waals surface area contributed by atoms with Crippen LogP contribution in [0, 0.1) is 11.8 Å². The Morgan fingerprint density at radius 1 is 1.29 bits per heavy atom. The SMILES string of the molecule is CC1C(=O)[C@@H](O)[C@@H](O)C2(CC(=O)[N-]2)C1C.[W].[Y]. The largest absolute Gasteiger partial charge is 0.645 e. The molecule has 93 valence electrons. The van der Waals surface area contributed by atoms with Crippen molar-refractivity contribution in [3.8, 4) is 0 Å². The number of carbonyl (C=O) groups is 2. The molecule has 2 fully saturated rings. The number of nitrogens with zero attached hydrogens (tertiary/aromatic N) is 1. The van der Waals surface area contributed by atoms with E-state index in [0.717, 1.165) is 0 Å². The van der Waals surface area contributed by atoms with Gasteiger partial charge in [-0.2, -0.15) is 0 Å². The average molecular weight is 485 g/mol. The summed E-state index contributed by atoms with van der Waals surface area (Å²) in [5, 5.41) is 23.2. The molecule has 0 aromatic heterocycles. The standard InChI is InChI=1S/C10H15NO4.W.Y/c1-4-5(2)10(3-6(12)11-10)9(15)8(14)7(4)13;;/h4-5,8-9,14-15H,3H2,1-2H3,(H,11,12);;/p-1/t4?,5?,8-,9-,10?;;/m1../s1. The van der Waals surface area contributed by atoms with Gasteiger partial charge < -0.3 is 20.3 Å². The Hall–Kier alpha value is 0.852. The molecule has 1 aliphatic carbocycles. The van der Waals surface area contributed by atoms with E-state index in [0.29, 0.717) is 0 Å². The number of ketones is 1. The van der Waals surface area contributed by atoms with Gasteiger partial charge in [0.05, 0.1) is 12.0 Å². The number of carbonyl (C=O) groups excluding carboxylic acids is 2. The van der Waals surface area contributed by atoms with Gasteiger partial charge in [0, 0.05) is 59.7 Å². The van der Waals surface area contributed by atoms with Gasteiger partial charge in [0.1, 0.15) is 6.10 Å². The van der Waals surface area contributed by atoms with Crippen LogP contribution in [-0.2, 0) is 63.4 Å². The summed E-state index contributed by atoms with van der Waals surface area (Å²) in [6.07, 6.45) is -2.52. The zero-order valence-corrected chi connectivity index (χ0v) is 15.4. The van der Waals surface area contributed by atoms with E-state index in [1.165, 1.54) is 0 Å². The van der Waals surface area contributed by atoms with E-state index in [-0.39, 0.29) is 83.7 Å². The van der Waals surface area contributed by atoms with Gasteiger partial charge in [-0.1, -0.05) is 19.4 Å². The molecule has 3 unspecified atom stereocenters. The van der Waals surface area contributed by atoms with Crippen molar-refractivity contribution < 1.29 is 73.6 Å². The van der Waals surface area contributed by atoms with E-state index in [4.69, 9.17) is 0 Å². The molecule has 5 atom stereocenters. The first-order valence-electron chi connectivity index (χ1n) is 5.06. The monoisotopic (exact) mass is 485 g/mol. The molecule has 0 bridgehead atoms. The third-order valence-corrected chi connectivity index (χ3v) is 3.86. The fraction of sp³-hybridized carbons (Fsp3) is 0.800. The van der Waals surface area contributed by atoms with Crippen molar-refractivity contribution in [3.05, 3.63) is 5.32 Å². The summed E-state index contributed by atoms with van der Waals surface area (Å²) >= 11 is 0. The Morgan fingerprint density at radius 3 is 2.18 bits per heavy atom. The fourth-order valence-corrected chi connectivity index (χ4v) is 2.54. The van der Waals surface area contributed by atoms with Crippen LogP contribution in [-0.4, -0.2) is 39.7 Å². The van der Waals surface area contributed by atoms with Crippen molar-refractivity contribution in [2.75, 3.05) is 0 Å². The second kappa shape index (κ2) is 5.87. The second-order valence-electron chi connectivity index (χ2n) is 4.54. The number of hydrogen-bond donors (Lipinski definition) is 2. The molecule has 1 heterocycles. The first-order valence-corrected chi connectivity index (χ1v) is 5.06. The fourth-order valence-electron chi connectivity index (χ4n) is 2.54. The van der Waals surface area contributed by atoms with Crippen molar-refractivity contribution in [2.45, 2.75) is 38.0 Å². The van der Waals surface area contributed by atoms with Crippen LogP contribution in [0.25, 0.3) is 5.32 Å². The molecular formula is C10H14NO4WY-. The minimum Gasteiger partial charge on any atom is -0.645 e. The van der Waals surface area contributed by atoms with Gasteiger partial charge >= 0.3 is 0 Å². The van der Waals surface area contributed by atoms with Crippen molar-refractivity contribution in [2.24, 2.45) is 11.8 Å². The third-order valence-electron chi connectivity index (χ3n) is 3.86. The van der Waals surface area contributed by atoms with Crippen LogP contribution in [0.15, 0.2) is 0 Å². The van der Waals surface area contributed by atoms with Crippen molar-refractivity contribution in [1.29, 1.82) is 0 Å². The summed E-state index contributed by atoms with van der Waals surface area (Å²) in [5.74, 6) is -1.22. The minimum absolute atomic E-state index is 0. The zero-order valence-electron chi connectivity index (χ0n) is 9.66. The van der Waals surface area contributed by atoms with Gasteiger partial charge in [0.25, 0.3) is 0 Å². The van der Waals surface area contributed by atoms with E-state index in [1.54, 1.807) is 13.8 Å². The quantitative estimate of drug-likeness (QED) is 0.458. The maximum Gasteiger partial charge on any atom is 0.166 e. The summed E-state index contributed by atoms with van der Waals surface area (Å²) in [4.78, 5) is 22.4. The Bertz CT molecular complexity index is 310. The third kappa shape index (κ3) is 2.46. The molecule has 17 heavy (non-hydrogen) atoms. The summed E-state index contributed by atoms with van der Waals surface area (Å²) in [6.45, 7) is 3.48. The van der Waals surface area contributed by atoms with Gasteiger partial charge in [-0.25, -0.2) is 0 Å². The van der Waals surface area contributed by atoms with Crippen LogP contribution in [0.1, 0.15) is 20.3 Å². The van der Waals surface area contributed by atoms with Crippen molar-refractivity contribution in [1.82, 2.24) is 0 Å². The normalized spacial score (nSPS) is 44.2. The van der Waals surface area contributed by atoms with Crippen LogP contribution in [0.4, 0.5) is 0 Å². The van der Waals surface area contributed by atoms with Crippen LogP contribution in [0.3, 0.4) is 0 Å². The topological polar surface area (TPSA) is 88.7 Å². The van der Waals surface area contributed by atoms with E-state index >= 15 is 0 Å². The number of hydrogen-bond acceptors (Lipinski definition) is 4. The molecule has 1 saturated carbocycles. The average Bonchev–Trinajstić information content (AvgIpc) is 2.17. The van der Waals surface area contributed by atoms with Crippen LogP contribution >= 0.6 is 0 Å². The molecule has 7 heteroatoms. The summed E-state index contributed by atoms with van der Waals surface area (Å²) in [7, 11) is 0. The van der Waals surface area contributed by atoms with Gasteiger partial charge in [-0.3, -0.25) is 4.79 Å². The molecular weight excluding hydrogens is 471 g/mol. The molecule has 0 aromatic carbocycles. The molecule has 5 nitrogen and oxygen atoms in total. The Kier molecular flexibility index (Phi) is 6.17. The molecule has 1 spiro atoms. The van der Waals surface area contributed by atoms with Crippen LogP contribution in [0.2, 0.25) is 0 Å². The first kappa shape index (κ1) is 17.9. The minimum atomic E-state index is -1.41. The molecule has 2 N–H and O–H groups in total. The van der Waals surface area contributed by atoms with Crippen molar-refractivity contribution >= 4 is 11.7 Å². The Morgan fingerprint density at radius 2 is 1.76 bits per heavy atom. The van der Waals surface area contributed by atoms with Gasteiger partial charge in [-0.15, -0.1) is 0 Å². The Balaban J connectivity index is 0.00000128. The van der Waals surface area contributed by atoms with Crippen LogP contribution < -0.4 is 0 Å². The van der Waals surface area contributed by atoms with Crippen molar-refractivity contribution in [3.63, 3.8) is 0 Å². The Labute approximate surface area is 139 Å². The predicted molar refractivity (Wildman–Crippen MR) is 51.1 cm³/mol. The van der Waals surface area contributed by atoms with Crippen LogP contribution in [0.5, 0.6) is 0 Å². The first-order chi connectivity index (χ1) is 6.90. The summed E-state index contributed by atoms with van der Waals surface area (Å²) in [5.41, 5.74) is -0.927. The summed E-state index contributed by atoms with van der Waals surface area (Å²) in [6, 6.07) is 0. The summed E-state index contributed by atoms with van der Waals surface area (Å²) < 4.78 is 0. The van der Waals surface area contributed by atoms with Gasteiger partial charge in [0.15, 0.2) is 5.78 Å². The number of aliphatic hydroxyl groups excluding tert-OH is 2. The van der Waals surface area contributed by atoms with E-state index < -0.39 is 17.7 Å². The van der Waals surface area contributed by atoms with E-state index in [1.807, 2.05) is 0 Å². The molecule has 2 aliphatic rings. The molecule has 2 rings (SSSR count). The maximum absolute atomic E-state index is 11.5.